The molecule has 1 atom stereocenters. The molecular formula is C12H20N4O3. The number of carbonyl (C=O) groups excluding carboxylic acids is 1. The highest BCUT2D eigenvalue weighted by molar-refractivity contribution is 5.83. The highest BCUT2D eigenvalue weighted by Gasteiger charge is 2.20. The maximum atomic E-state index is 11.6. The Hall–Kier alpha value is -1.89. The third-order valence-corrected chi connectivity index (χ3v) is 2.71. The normalized spacial score (nSPS) is 12.1. The van der Waals surface area contributed by atoms with E-state index < -0.39 is 12.0 Å². The fraction of sp³-hybridized carbons (Fsp3) is 0.583. The molecule has 0 aliphatic carbocycles. The van der Waals surface area contributed by atoms with Gasteiger partial charge in [-0.3, -0.25) is 4.79 Å². The zero-order valence-electron chi connectivity index (χ0n) is 10.8. The summed E-state index contributed by atoms with van der Waals surface area (Å²) in [6, 6.07) is -0.940. The van der Waals surface area contributed by atoms with Gasteiger partial charge in [0, 0.05) is 19.0 Å². The van der Waals surface area contributed by atoms with E-state index in [-0.39, 0.29) is 12.3 Å². The Balaban J connectivity index is 2.36. The van der Waals surface area contributed by atoms with Crippen molar-refractivity contribution < 1.29 is 14.7 Å². The topological polar surface area (TPSA) is 121 Å². The summed E-state index contributed by atoms with van der Waals surface area (Å²) in [4.78, 5) is 29.4. The van der Waals surface area contributed by atoms with Gasteiger partial charge in [0.05, 0.1) is 12.0 Å². The number of amides is 1. The van der Waals surface area contributed by atoms with Gasteiger partial charge in [0.1, 0.15) is 6.04 Å². The number of nitrogens with zero attached hydrogens (tertiary/aromatic N) is 1. The number of hydrogen-bond acceptors (Lipinski definition) is 4. The van der Waals surface area contributed by atoms with E-state index in [4.69, 9.17) is 10.8 Å². The highest BCUT2D eigenvalue weighted by Crippen LogP contribution is 2.02. The molecule has 0 bridgehead atoms. The molecule has 0 unspecified atom stereocenters. The van der Waals surface area contributed by atoms with Crippen molar-refractivity contribution in [2.75, 3.05) is 6.54 Å². The van der Waals surface area contributed by atoms with E-state index in [9.17, 15) is 9.59 Å². The molecule has 1 rings (SSSR count). The zero-order valence-corrected chi connectivity index (χ0v) is 10.8. The van der Waals surface area contributed by atoms with Crippen molar-refractivity contribution in [3.8, 4) is 0 Å². The van der Waals surface area contributed by atoms with E-state index in [1.54, 1.807) is 6.20 Å². The SMILES string of the molecule is NCCCCCC(=O)N[C@@H](Cc1c[nH]cn1)C(=O)O. The minimum Gasteiger partial charge on any atom is -0.480 e. The van der Waals surface area contributed by atoms with Crippen molar-refractivity contribution >= 4 is 11.9 Å². The monoisotopic (exact) mass is 268 g/mol. The van der Waals surface area contributed by atoms with Gasteiger partial charge in [-0.15, -0.1) is 0 Å². The summed E-state index contributed by atoms with van der Waals surface area (Å²) in [6.07, 6.45) is 6.06. The first-order valence-corrected chi connectivity index (χ1v) is 6.33. The molecule has 1 aromatic heterocycles. The van der Waals surface area contributed by atoms with Gasteiger partial charge in [0.2, 0.25) is 5.91 Å². The average molecular weight is 268 g/mol. The molecule has 19 heavy (non-hydrogen) atoms. The molecule has 5 N–H and O–H groups in total. The van der Waals surface area contributed by atoms with E-state index in [0.29, 0.717) is 18.7 Å². The van der Waals surface area contributed by atoms with Crippen molar-refractivity contribution in [2.24, 2.45) is 5.73 Å². The first-order valence-electron chi connectivity index (χ1n) is 6.33. The second kappa shape index (κ2) is 8.25. The molecule has 0 fully saturated rings. The molecule has 0 aromatic carbocycles. The van der Waals surface area contributed by atoms with Crippen LogP contribution in [0.1, 0.15) is 31.4 Å². The van der Waals surface area contributed by atoms with Crippen LogP contribution in [-0.4, -0.2) is 39.5 Å². The van der Waals surface area contributed by atoms with E-state index >= 15 is 0 Å². The number of aromatic nitrogens is 2. The van der Waals surface area contributed by atoms with Crippen LogP contribution in [0.15, 0.2) is 12.5 Å². The number of imidazole rings is 1. The zero-order chi connectivity index (χ0) is 14.1. The Bertz CT molecular complexity index is 392. The predicted molar refractivity (Wildman–Crippen MR) is 69.4 cm³/mol. The minimum atomic E-state index is -1.06. The Labute approximate surface area is 111 Å². The van der Waals surface area contributed by atoms with Gasteiger partial charge in [-0.05, 0) is 19.4 Å². The molecule has 106 valence electrons. The standard InChI is InChI=1S/C12H20N4O3/c13-5-3-1-2-4-11(17)16-10(12(18)19)6-9-7-14-8-15-9/h7-8,10H,1-6,13H2,(H,14,15)(H,16,17)(H,18,19)/t10-/m0/s1. The predicted octanol–water partition coefficient (Wildman–Crippen LogP) is 0.0407. The number of nitrogens with two attached hydrogens (primary N) is 1. The fourth-order valence-corrected chi connectivity index (χ4v) is 1.68. The lowest BCUT2D eigenvalue weighted by Gasteiger charge is -2.13. The van der Waals surface area contributed by atoms with Crippen molar-refractivity contribution in [3.63, 3.8) is 0 Å². The molecule has 1 aromatic rings. The third kappa shape index (κ3) is 6.01. The molecule has 7 nitrogen and oxygen atoms in total. The lowest BCUT2D eigenvalue weighted by atomic mass is 10.1. The number of carbonyl (C=O) groups is 2. The van der Waals surface area contributed by atoms with Crippen LogP contribution in [0.5, 0.6) is 0 Å². The molecule has 0 saturated heterocycles. The summed E-state index contributed by atoms with van der Waals surface area (Å²) in [5.74, 6) is -1.31. The summed E-state index contributed by atoms with van der Waals surface area (Å²) in [5, 5.41) is 11.6. The van der Waals surface area contributed by atoms with Crippen LogP contribution in [0.3, 0.4) is 0 Å². The van der Waals surface area contributed by atoms with Gasteiger partial charge in [0.15, 0.2) is 0 Å². The van der Waals surface area contributed by atoms with E-state index in [2.05, 4.69) is 15.3 Å². The molecule has 0 aliphatic heterocycles. The Kier molecular flexibility index (Phi) is 6.59. The van der Waals surface area contributed by atoms with Gasteiger partial charge in [-0.25, -0.2) is 9.78 Å². The van der Waals surface area contributed by atoms with E-state index in [1.165, 1.54) is 6.33 Å². The van der Waals surface area contributed by atoms with E-state index in [1.807, 2.05) is 0 Å². The number of carboxylic acid groups (broad SMARTS) is 1. The van der Waals surface area contributed by atoms with Crippen LogP contribution >= 0.6 is 0 Å². The van der Waals surface area contributed by atoms with E-state index in [0.717, 1.165) is 19.3 Å². The number of carboxylic acids is 1. The molecular weight excluding hydrogens is 248 g/mol. The number of hydrogen-bond donors (Lipinski definition) is 4. The van der Waals surface area contributed by atoms with Gasteiger partial charge < -0.3 is 21.1 Å². The second-order valence-corrected chi connectivity index (χ2v) is 4.32. The number of H-pyrrole nitrogens is 1. The molecule has 0 radical (unpaired) electrons. The Morgan fingerprint density at radius 3 is 2.79 bits per heavy atom. The number of aromatic amines is 1. The maximum absolute atomic E-state index is 11.6. The van der Waals surface area contributed by atoms with Gasteiger partial charge in [-0.2, -0.15) is 0 Å². The van der Waals surface area contributed by atoms with Gasteiger partial charge in [0.25, 0.3) is 0 Å². The first kappa shape index (κ1) is 15.2. The Morgan fingerprint density at radius 2 is 2.21 bits per heavy atom. The molecule has 1 amide bonds. The van der Waals surface area contributed by atoms with Crippen LogP contribution in [0.2, 0.25) is 0 Å². The number of aliphatic carboxylic acids is 1. The molecule has 0 saturated carbocycles. The average Bonchev–Trinajstić information content (AvgIpc) is 2.86. The van der Waals surface area contributed by atoms with Crippen molar-refractivity contribution in [1.29, 1.82) is 0 Å². The highest BCUT2D eigenvalue weighted by atomic mass is 16.4. The summed E-state index contributed by atoms with van der Waals surface area (Å²) in [5.41, 5.74) is 5.96. The third-order valence-electron chi connectivity index (χ3n) is 2.71. The molecule has 0 aliphatic rings. The van der Waals surface area contributed by atoms with Crippen molar-refractivity contribution in [3.05, 3.63) is 18.2 Å². The quantitative estimate of drug-likeness (QED) is 0.471. The Morgan fingerprint density at radius 1 is 1.42 bits per heavy atom. The van der Waals surface area contributed by atoms with Crippen LogP contribution in [0, 0.1) is 0 Å². The lowest BCUT2D eigenvalue weighted by molar-refractivity contribution is -0.141. The maximum Gasteiger partial charge on any atom is 0.326 e. The smallest absolute Gasteiger partial charge is 0.326 e. The number of unbranched alkanes of at least 4 members (excludes halogenated alkanes) is 2. The largest absolute Gasteiger partial charge is 0.480 e. The van der Waals surface area contributed by atoms with Crippen LogP contribution in [0.25, 0.3) is 0 Å². The summed E-state index contributed by atoms with van der Waals surface area (Å²) in [6.45, 7) is 0.610. The van der Waals surface area contributed by atoms with Crippen LogP contribution in [0.4, 0.5) is 0 Å². The van der Waals surface area contributed by atoms with Crippen LogP contribution < -0.4 is 11.1 Å². The number of nitrogens with one attached hydrogen (secondary N) is 2. The van der Waals surface area contributed by atoms with Gasteiger partial charge in [-0.1, -0.05) is 6.42 Å². The summed E-state index contributed by atoms with van der Waals surface area (Å²) < 4.78 is 0. The van der Waals surface area contributed by atoms with Crippen LogP contribution in [-0.2, 0) is 16.0 Å². The molecule has 0 spiro atoms. The van der Waals surface area contributed by atoms with Gasteiger partial charge >= 0.3 is 5.97 Å². The molecule has 1 heterocycles. The number of rotatable bonds is 9. The fourth-order valence-electron chi connectivity index (χ4n) is 1.68. The first-order chi connectivity index (χ1) is 9.13. The second-order valence-electron chi connectivity index (χ2n) is 4.32. The van der Waals surface area contributed by atoms with Crippen molar-refractivity contribution in [2.45, 2.75) is 38.1 Å². The summed E-state index contributed by atoms with van der Waals surface area (Å²) in [7, 11) is 0. The summed E-state index contributed by atoms with van der Waals surface area (Å²) >= 11 is 0. The van der Waals surface area contributed by atoms with Crippen molar-refractivity contribution in [1.82, 2.24) is 15.3 Å². The molecule has 7 heteroatoms. The minimum absolute atomic E-state index is 0.174. The lowest BCUT2D eigenvalue weighted by Crippen LogP contribution is -2.42.